The number of halogens is 1. The summed E-state index contributed by atoms with van der Waals surface area (Å²) in [7, 11) is 0. The van der Waals surface area contributed by atoms with Gasteiger partial charge in [-0.2, -0.15) is 4.98 Å². The van der Waals surface area contributed by atoms with Crippen molar-refractivity contribution in [1.82, 2.24) is 10.1 Å². The quantitative estimate of drug-likeness (QED) is 0.541. The standard InChI is InChI=1S/C8H13ClN2O3/c1-3-12-8(13-4-2)7-10-6(5-9)11-14-7/h8H,3-5H2,1-2H3. The van der Waals surface area contributed by atoms with Crippen LogP contribution in [0, 0.1) is 0 Å². The molecule has 0 atom stereocenters. The molecule has 0 bridgehead atoms. The lowest BCUT2D eigenvalue weighted by molar-refractivity contribution is -0.155. The fourth-order valence-corrected chi connectivity index (χ4v) is 1.02. The first-order valence-electron chi connectivity index (χ1n) is 4.43. The van der Waals surface area contributed by atoms with E-state index in [0.717, 1.165) is 0 Å². The van der Waals surface area contributed by atoms with E-state index in [-0.39, 0.29) is 5.88 Å². The molecule has 0 spiro atoms. The Morgan fingerprint density at radius 2 is 2.00 bits per heavy atom. The zero-order chi connectivity index (χ0) is 10.4. The van der Waals surface area contributed by atoms with E-state index in [1.165, 1.54) is 0 Å². The predicted molar refractivity (Wildman–Crippen MR) is 49.8 cm³/mol. The van der Waals surface area contributed by atoms with Gasteiger partial charge in [-0.05, 0) is 13.8 Å². The summed E-state index contributed by atoms with van der Waals surface area (Å²) in [4.78, 5) is 4.01. The highest BCUT2D eigenvalue weighted by atomic mass is 35.5. The molecule has 1 rings (SSSR count). The molecular weight excluding hydrogens is 208 g/mol. The number of alkyl halides is 1. The van der Waals surface area contributed by atoms with E-state index in [1.54, 1.807) is 0 Å². The first-order valence-corrected chi connectivity index (χ1v) is 4.96. The van der Waals surface area contributed by atoms with Gasteiger partial charge in [0.1, 0.15) is 0 Å². The number of aromatic nitrogens is 2. The Bertz CT molecular complexity index is 261. The molecule has 0 aliphatic carbocycles. The third-order valence-corrected chi connectivity index (χ3v) is 1.68. The molecule has 0 N–H and O–H groups in total. The summed E-state index contributed by atoms with van der Waals surface area (Å²) in [6.07, 6.45) is -0.588. The molecule has 1 heterocycles. The van der Waals surface area contributed by atoms with Gasteiger partial charge in [-0.1, -0.05) is 5.16 Å². The van der Waals surface area contributed by atoms with Gasteiger partial charge in [-0.15, -0.1) is 11.6 Å². The molecule has 0 saturated carbocycles. The highest BCUT2D eigenvalue weighted by Crippen LogP contribution is 2.17. The summed E-state index contributed by atoms with van der Waals surface area (Å²) in [5.41, 5.74) is 0. The number of hydrogen-bond acceptors (Lipinski definition) is 5. The largest absolute Gasteiger partial charge is 0.345 e. The van der Waals surface area contributed by atoms with Crippen LogP contribution < -0.4 is 0 Å². The molecule has 1 aromatic rings. The number of rotatable bonds is 6. The topological polar surface area (TPSA) is 57.4 Å². The first kappa shape index (κ1) is 11.4. The van der Waals surface area contributed by atoms with Crippen molar-refractivity contribution in [3.8, 4) is 0 Å². The van der Waals surface area contributed by atoms with Crippen LogP contribution in [0.1, 0.15) is 31.9 Å². The average molecular weight is 221 g/mol. The van der Waals surface area contributed by atoms with Gasteiger partial charge < -0.3 is 14.0 Å². The molecule has 0 amide bonds. The van der Waals surface area contributed by atoms with E-state index >= 15 is 0 Å². The highest BCUT2D eigenvalue weighted by Gasteiger charge is 2.18. The summed E-state index contributed by atoms with van der Waals surface area (Å²) in [5.74, 6) is 0.962. The van der Waals surface area contributed by atoms with Crippen molar-refractivity contribution >= 4 is 11.6 Å². The van der Waals surface area contributed by atoms with E-state index in [4.69, 9.17) is 25.6 Å². The Labute approximate surface area is 87.3 Å². The summed E-state index contributed by atoms with van der Waals surface area (Å²) in [5, 5.41) is 3.64. The maximum atomic E-state index is 5.53. The Kier molecular flexibility index (Phi) is 4.86. The molecule has 5 nitrogen and oxygen atoms in total. The second-order valence-electron chi connectivity index (χ2n) is 2.43. The van der Waals surface area contributed by atoms with Crippen molar-refractivity contribution in [1.29, 1.82) is 0 Å². The van der Waals surface area contributed by atoms with Crippen LogP contribution in [0.3, 0.4) is 0 Å². The maximum absolute atomic E-state index is 5.53. The van der Waals surface area contributed by atoms with Crippen molar-refractivity contribution in [3.05, 3.63) is 11.7 Å². The van der Waals surface area contributed by atoms with Crippen LogP contribution >= 0.6 is 11.6 Å². The van der Waals surface area contributed by atoms with E-state index < -0.39 is 6.29 Å². The minimum atomic E-state index is -0.588. The summed E-state index contributed by atoms with van der Waals surface area (Å²) >= 11 is 5.53. The second-order valence-corrected chi connectivity index (χ2v) is 2.69. The molecule has 0 unspecified atom stereocenters. The van der Waals surface area contributed by atoms with Gasteiger partial charge in [0.05, 0.1) is 5.88 Å². The van der Waals surface area contributed by atoms with Gasteiger partial charge in [0.15, 0.2) is 5.82 Å². The highest BCUT2D eigenvalue weighted by molar-refractivity contribution is 6.16. The smallest absolute Gasteiger partial charge is 0.283 e. The van der Waals surface area contributed by atoms with Crippen LogP contribution in [0.15, 0.2) is 4.52 Å². The molecule has 80 valence electrons. The van der Waals surface area contributed by atoms with Crippen LogP contribution in [0.4, 0.5) is 0 Å². The summed E-state index contributed by atoms with van der Waals surface area (Å²) in [6.45, 7) is 4.77. The number of hydrogen-bond donors (Lipinski definition) is 0. The molecular formula is C8H13ClN2O3. The number of nitrogens with zero attached hydrogens (tertiary/aromatic N) is 2. The Balaban J connectivity index is 2.65. The zero-order valence-electron chi connectivity index (χ0n) is 8.20. The lowest BCUT2D eigenvalue weighted by Gasteiger charge is -2.11. The summed E-state index contributed by atoms with van der Waals surface area (Å²) in [6, 6.07) is 0. The molecule has 14 heavy (non-hydrogen) atoms. The van der Waals surface area contributed by atoms with Crippen LogP contribution in [-0.4, -0.2) is 23.4 Å². The predicted octanol–water partition coefficient (Wildman–Crippen LogP) is 1.88. The molecule has 0 aliphatic rings. The minimum absolute atomic E-state index is 0.217. The van der Waals surface area contributed by atoms with E-state index in [0.29, 0.717) is 24.9 Å². The summed E-state index contributed by atoms with van der Waals surface area (Å²) < 4.78 is 15.5. The van der Waals surface area contributed by atoms with E-state index in [2.05, 4.69) is 10.1 Å². The van der Waals surface area contributed by atoms with Gasteiger partial charge in [-0.3, -0.25) is 0 Å². The Hall–Kier alpha value is -0.650. The van der Waals surface area contributed by atoms with Crippen molar-refractivity contribution < 1.29 is 14.0 Å². The van der Waals surface area contributed by atoms with Crippen LogP contribution in [0.25, 0.3) is 0 Å². The molecule has 0 saturated heterocycles. The van der Waals surface area contributed by atoms with Gasteiger partial charge in [-0.25, -0.2) is 0 Å². The van der Waals surface area contributed by atoms with Crippen LogP contribution in [-0.2, 0) is 15.4 Å². The lowest BCUT2D eigenvalue weighted by atomic mass is 10.6. The fourth-order valence-electron chi connectivity index (χ4n) is 0.911. The van der Waals surface area contributed by atoms with Crippen molar-refractivity contribution in [3.63, 3.8) is 0 Å². The van der Waals surface area contributed by atoms with E-state index in [9.17, 15) is 0 Å². The van der Waals surface area contributed by atoms with Gasteiger partial charge in [0, 0.05) is 13.2 Å². The molecule has 6 heteroatoms. The van der Waals surface area contributed by atoms with Crippen molar-refractivity contribution in [2.75, 3.05) is 13.2 Å². The maximum Gasteiger partial charge on any atom is 0.283 e. The van der Waals surface area contributed by atoms with Gasteiger partial charge in [0.2, 0.25) is 6.29 Å². The third kappa shape index (κ3) is 2.94. The van der Waals surface area contributed by atoms with Crippen LogP contribution in [0.5, 0.6) is 0 Å². The lowest BCUT2D eigenvalue weighted by Crippen LogP contribution is -2.09. The van der Waals surface area contributed by atoms with Gasteiger partial charge >= 0.3 is 0 Å². The first-order chi connectivity index (χ1) is 6.81. The molecule has 0 radical (unpaired) electrons. The van der Waals surface area contributed by atoms with Gasteiger partial charge in [0.25, 0.3) is 5.89 Å². The average Bonchev–Trinajstić information content (AvgIpc) is 2.65. The second kappa shape index (κ2) is 5.95. The SMILES string of the molecule is CCOC(OCC)c1nc(CCl)no1. The Morgan fingerprint density at radius 3 is 2.43 bits per heavy atom. The fraction of sp³-hybridized carbons (Fsp3) is 0.750. The molecule has 0 aliphatic heterocycles. The number of ether oxygens (including phenoxy) is 2. The molecule has 0 aromatic carbocycles. The molecule has 0 fully saturated rings. The monoisotopic (exact) mass is 220 g/mol. The Morgan fingerprint density at radius 1 is 1.36 bits per heavy atom. The third-order valence-electron chi connectivity index (χ3n) is 1.44. The zero-order valence-corrected chi connectivity index (χ0v) is 8.95. The normalized spacial score (nSPS) is 11.1. The van der Waals surface area contributed by atoms with Crippen LogP contribution in [0.2, 0.25) is 0 Å². The van der Waals surface area contributed by atoms with Crippen molar-refractivity contribution in [2.45, 2.75) is 26.0 Å². The minimum Gasteiger partial charge on any atom is -0.345 e. The van der Waals surface area contributed by atoms with Crippen molar-refractivity contribution in [2.24, 2.45) is 0 Å². The van der Waals surface area contributed by atoms with E-state index in [1.807, 2.05) is 13.8 Å². The molecule has 1 aromatic heterocycles.